The number of hydrazone groups is 1. The van der Waals surface area contributed by atoms with Crippen LogP contribution in [0.15, 0.2) is 33.3 Å². The fraction of sp³-hybridized carbons (Fsp3) is 0.286. The lowest BCUT2D eigenvalue weighted by Gasteiger charge is -2.22. The number of nitrogens with two attached hydrogens (primary N) is 1. The average Bonchev–Trinajstić information content (AvgIpc) is 3.06. The van der Waals surface area contributed by atoms with Gasteiger partial charge in [-0.3, -0.25) is 5.41 Å². The van der Waals surface area contributed by atoms with Gasteiger partial charge in [0, 0.05) is 29.2 Å². The molecule has 2 aromatic heterocycles. The Morgan fingerprint density at radius 3 is 3.00 bits per heavy atom. The summed E-state index contributed by atoms with van der Waals surface area (Å²) in [6.07, 6.45) is 3.49. The molecule has 0 bridgehead atoms. The monoisotopic (exact) mass is 324 g/mol. The Bertz CT molecular complexity index is 663. The summed E-state index contributed by atoms with van der Waals surface area (Å²) in [6.45, 7) is 2.01. The van der Waals surface area contributed by atoms with Crippen LogP contribution < -0.4 is 11.2 Å². The van der Waals surface area contributed by atoms with Crippen molar-refractivity contribution in [2.75, 3.05) is 0 Å². The molecule has 1 unspecified atom stereocenters. The van der Waals surface area contributed by atoms with Gasteiger partial charge in [0.25, 0.3) is 0 Å². The molecule has 2 heterocycles. The average molecular weight is 325 g/mol. The maximum absolute atomic E-state index is 7.24. The van der Waals surface area contributed by atoms with Gasteiger partial charge in [-0.15, -0.1) is 23.7 Å². The van der Waals surface area contributed by atoms with Gasteiger partial charge in [-0.25, -0.2) is 5.43 Å². The van der Waals surface area contributed by atoms with E-state index in [1.807, 2.05) is 6.92 Å². The van der Waals surface area contributed by atoms with Crippen LogP contribution in [0.1, 0.15) is 34.1 Å². The smallest absolute Gasteiger partial charge is 0.206 e. The van der Waals surface area contributed by atoms with E-state index >= 15 is 0 Å². The summed E-state index contributed by atoms with van der Waals surface area (Å²) in [6, 6.07) is 4.21. The summed E-state index contributed by atoms with van der Waals surface area (Å²) in [5.41, 5.74) is 10.9. The van der Waals surface area contributed by atoms with Crippen LogP contribution in [-0.4, -0.2) is 11.7 Å². The van der Waals surface area contributed by atoms with Crippen molar-refractivity contribution in [1.82, 2.24) is 5.43 Å². The molecule has 1 aliphatic rings. The Morgan fingerprint density at radius 1 is 1.52 bits per heavy atom. The minimum Gasteiger partial charge on any atom is -0.468 e. The van der Waals surface area contributed by atoms with Gasteiger partial charge in [0.05, 0.1) is 12.0 Å². The second kappa shape index (κ2) is 6.32. The number of hydrogen-bond acceptors (Lipinski definition) is 4. The first kappa shape index (κ1) is 15.6. The van der Waals surface area contributed by atoms with Gasteiger partial charge in [-0.2, -0.15) is 5.10 Å². The number of fused-ring (bicyclic) bond motifs is 1. The maximum atomic E-state index is 7.24. The minimum atomic E-state index is -0.154. The highest BCUT2D eigenvalue weighted by molar-refractivity contribution is 7.10. The van der Waals surface area contributed by atoms with Crippen molar-refractivity contribution >= 4 is 35.4 Å². The zero-order chi connectivity index (χ0) is 14.1. The highest BCUT2D eigenvalue weighted by atomic mass is 35.5. The third kappa shape index (κ3) is 3.11. The first-order chi connectivity index (χ1) is 9.65. The van der Waals surface area contributed by atoms with Crippen LogP contribution in [-0.2, 0) is 6.42 Å². The van der Waals surface area contributed by atoms with Crippen molar-refractivity contribution in [2.45, 2.75) is 25.7 Å². The quantitative estimate of drug-likeness (QED) is 0.451. The molecule has 21 heavy (non-hydrogen) atoms. The molecule has 0 aromatic carbocycles. The van der Waals surface area contributed by atoms with E-state index in [0.717, 1.165) is 35.4 Å². The van der Waals surface area contributed by atoms with Gasteiger partial charge >= 0.3 is 0 Å². The molecule has 7 heteroatoms. The van der Waals surface area contributed by atoms with Gasteiger partial charge in [-0.05, 0) is 23.9 Å². The lowest BCUT2D eigenvalue weighted by Crippen LogP contribution is -2.28. The zero-order valence-corrected chi connectivity index (χ0v) is 13.2. The number of nitrogens with zero attached hydrogens (tertiary/aromatic N) is 1. The van der Waals surface area contributed by atoms with Gasteiger partial charge < -0.3 is 10.2 Å². The molecular weight excluding hydrogens is 308 g/mol. The Morgan fingerprint density at radius 2 is 2.33 bits per heavy atom. The minimum absolute atomic E-state index is 0. The third-order valence-electron chi connectivity index (χ3n) is 3.47. The number of nitrogens with one attached hydrogen (secondary N) is 2. The van der Waals surface area contributed by atoms with E-state index in [1.54, 1.807) is 17.6 Å². The number of aryl methyl sites for hydroxylation is 1. The molecule has 0 saturated carbocycles. The van der Waals surface area contributed by atoms with Crippen molar-refractivity contribution < 1.29 is 4.42 Å². The molecule has 5 nitrogen and oxygen atoms in total. The molecule has 0 fully saturated rings. The summed E-state index contributed by atoms with van der Waals surface area (Å²) in [7, 11) is 0. The van der Waals surface area contributed by atoms with E-state index in [2.05, 4.69) is 28.0 Å². The topological polar surface area (TPSA) is 87.4 Å². The Balaban J connectivity index is 0.00000161. The molecule has 112 valence electrons. The van der Waals surface area contributed by atoms with E-state index in [-0.39, 0.29) is 18.4 Å². The Hall–Kier alpha value is -1.79. The maximum Gasteiger partial charge on any atom is 0.206 e. The second-order valence-corrected chi connectivity index (χ2v) is 5.90. The molecule has 0 spiro atoms. The SMILES string of the molecule is Cc1coc2c1/C(=N/NC(=N)N)CC(c1cccs1)C2.Cl. The van der Waals surface area contributed by atoms with Crippen LogP contribution in [0.5, 0.6) is 0 Å². The summed E-state index contributed by atoms with van der Waals surface area (Å²) in [4.78, 5) is 1.33. The fourth-order valence-electron chi connectivity index (χ4n) is 2.62. The first-order valence-electron chi connectivity index (χ1n) is 6.42. The normalized spacial score (nSPS) is 18.9. The van der Waals surface area contributed by atoms with Crippen molar-refractivity contribution in [3.05, 3.63) is 45.5 Å². The fourth-order valence-corrected chi connectivity index (χ4v) is 3.45. The number of guanidine groups is 1. The number of thiophene rings is 1. The van der Waals surface area contributed by atoms with Crippen LogP contribution in [0, 0.1) is 12.3 Å². The van der Waals surface area contributed by atoms with E-state index in [1.165, 1.54) is 4.88 Å². The van der Waals surface area contributed by atoms with Crippen molar-refractivity contribution in [3.8, 4) is 0 Å². The number of hydrogen-bond donors (Lipinski definition) is 3. The molecule has 0 saturated heterocycles. The van der Waals surface area contributed by atoms with Gasteiger partial charge in [0.1, 0.15) is 5.76 Å². The summed E-state index contributed by atoms with van der Waals surface area (Å²) < 4.78 is 5.66. The Kier molecular flexibility index (Phi) is 4.69. The molecule has 0 radical (unpaired) electrons. The van der Waals surface area contributed by atoms with Crippen LogP contribution in [0.2, 0.25) is 0 Å². The van der Waals surface area contributed by atoms with Crippen LogP contribution in [0.4, 0.5) is 0 Å². The number of rotatable bonds is 2. The van der Waals surface area contributed by atoms with Crippen LogP contribution in [0.3, 0.4) is 0 Å². The third-order valence-corrected chi connectivity index (χ3v) is 4.50. The van der Waals surface area contributed by atoms with E-state index in [4.69, 9.17) is 15.6 Å². The second-order valence-electron chi connectivity index (χ2n) is 4.92. The van der Waals surface area contributed by atoms with E-state index < -0.39 is 0 Å². The molecule has 2 aromatic rings. The molecule has 3 rings (SSSR count). The van der Waals surface area contributed by atoms with E-state index in [9.17, 15) is 0 Å². The molecule has 1 atom stereocenters. The Labute approximate surface area is 133 Å². The van der Waals surface area contributed by atoms with E-state index in [0.29, 0.717) is 5.92 Å². The largest absolute Gasteiger partial charge is 0.468 e. The molecule has 1 aliphatic carbocycles. The predicted octanol–water partition coefficient (Wildman–Crippen LogP) is 2.99. The first-order valence-corrected chi connectivity index (χ1v) is 7.30. The number of halogens is 1. The van der Waals surface area contributed by atoms with Crippen LogP contribution >= 0.6 is 23.7 Å². The zero-order valence-electron chi connectivity index (χ0n) is 11.6. The van der Waals surface area contributed by atoms with Crippen LogP contribution in [0.25, 0.3) is 0 Å². The summed E-state index contributed by atoms with van der Waals surface area (Å²) in [5.74, 6) is 1.19. The van der Waals surface area contributed by atoms with Gasteiger partial charge in [-0.1, -0.05) is 6.07 Å². The summed E-state index contributed by atoms with van der Waals surface area (Å²) >= 11 is 1.75. The molecular formula is C14H17ClN4OS. The summed E-state index contributed by atoms with van der Waals surface area (Å²) in [5, 5.41) is 13.6. The highest BCUT2D eigenvalue weighted by Crippen LogP contribution is 2.36. The standard InChI is InChI=1S/C14H16N4OS.ClH/c1-8-7-19-11-6-9(12-3-2-4-20-12)5-10(13(8)11)17-18-14(15)16;/h2-4,7,9H,5-6H2,1H3,(H4,15,16,18);1H/b17-10+;. The van der Waals surface area contributed by atoms with Gasteiger partial charge in [0.2, 0.25) is 5.96 Å². The molecule has 4 N–H and O–H groups in total. The van der Waals surface area contributed by atoms with Crippen molar-refractivity contribution in [3.63, 3.8) is 0 Å². The predicted molar refractivity (Wildman–Crippen MR) is 87.7 cm³/mol. The van der Waals surface area contributed by atoms with Crippen molar-refractivity contribution in [2.24, 2.45) is 10.8 Å². The van der Waals surface area contributed by atoms with Crippen molar-refractivity contribution in [1.29, 1.82) is 5.41 Å². The number of furan rings is 1. The molecule has 0 amide bonds. The lowest BCUT2D eigenvalue weighted by atomic mass is 9.84. The highest BCUT2D eigenvalue weighted by Gasteiger charge is 2.29. The molecule has 0 aliphatic heterocycles. The van der Waals surface area contributed by atoms with Gasteiger partial charge in [0.15, 0.2) is 0 Å². The lowest BCUT2D eigenvalue weighted by molar-refractivity contribution is 0.482.